The molecule has 0 bridgehead atoms. The summed E-state index contributed by atoms with van der Waals surface area (Å²) in [5.41, 5.74) is 2.36. The lowest BCUT2D eigenvalue weighted by Gasteiger charge is -1.98. The molecule has 0 atom stereocenters. The number of imidazole rings is 1. The van der Waals surface area contributed by atoms with Crippen LogP contribution < -0.4 is 0 Å². The third-order valence-electron chi connectivity index (χ3n) is 2.67. The molecule has 0 aliphatic rings. The van der Waals surface area contributed by atoms with E-state index in [0.717, 1.165) is 16.2 Å². The van der Waals surface area contributed by atoms with Crippen LogP contribution in [0.3, 0.4) is 0 Å². The molecule has 3 heterocycles. The summed E-state index contributed by atoms with van der Waals surface area (Å²) in [6.45, 7) is 2.12. The molecule has 0 fully saturated rings. The topological polar surface area (TPSA) is 56.5 Å². The predicted octanol–water partition coefficient (Wildman–Crippen LogP) is 2.63. The zero-order chi connectivity index (χ0) is 13.2. The lowest BCUT2D eigenvalue weighted by Crippen LogP contribution is -2.04. The molecule has 0 saturated heterocycles. The van der Waals surface area contributed by atoms with Crippen molar-refractivity contribution in [1.82, 2.24) is 14.4 Å². The van der Waals surface area contributed by atoms with Crippen LogP contribution in [0.2, 0.25) is 0 Å². The Balaban J connectivity index is 2.06. The number of esters is 1. The molecule has 5 nitrogen and oxygen atoms in total. The number of carbonyl (C=O) groups is 1. The molecule has 0 aliphatic heterocycles. The van der Waals surface area contributed by atoms with Crippen molar-refractivity contribution in [3.05, 3.63) is 41.8 Å². The summed E-state index contributed by atoms with van der Waals surface area (Å²) in [6.07, 6.45) is 5.18. The highest BCUT2D eigenvalue weighted by Crippen LogP contribution is 2.25. The molecule has 0 aliphatic carbocycles. The molecule has 0 N–H and O–H groups in total. The smallest absolute Gasteiger partial charge is 0.358 e. The number of fused-ring (bicyclic) bond motifs is 1. The Morgan fingerprint density at radius 2 is 2.21 bits per heavy atom. The Bertz CT molecular complexity index is 718. The molecule has 0 unspecified atom stereocenters. The summed E-state index contributed by atoms with van der Waals surface area (Å²) >= 11 is 1.49. The zero-order valence-electron chi connectivity index (χ0n) is 10.2. The Morgan fingerprint density at radius 3 is 2.95 bits per heavy atom. The van der Waals surface area contributed by atoms with Gasteiger partial charge in [-0.1, -0.05) is 0 Å². The number of pyridine rings is 1. The molecule has 3 aromatic rings. The quantitative estimate of drug-likeness (QED) is 0.688. The monoisotopic (exact) mass is 273 g/mol. The molecular weight excluding hydrogens is 262 g/mol. The maximum Gasteiger partial charge on any atom is 0.358 e. The Hall–Kier alpha value is -2.21. The van der Waals surface area contributed by atoms with Crippen molar-refractivity contribution in [1.29, 1.82) is 0 Å². The van der Waals surface area contributed by atoms with Gasteiger partial charge in [0.2, 0.25) is 0 Å². The Morgan fingerprint density at radius 1 is 1.42 bits per heavy atom. The predicted molar refractivity (Wildman–Crippen MR) is 72.3 cm³/mol. The zero-order valence-corrected chi connectivity index (χ0v) is 11.1. The highest BCUT2D eigenvalue weighted by atomic mass is 32.1. The van der Waals surface area contributed by atoms with Gasteiger partial charge >= 0.3 is 5.97 Å². The van der Waals surface area contributed by atoms with Gasteiger partial charge in [0.25, 0.3) is 0 Å². The highest BCUT2D eigenvalue weighted by molar-refractivity contribution is 7.15. The van der Waals surface area contributed by atoms with Gasteiger partial charge in [0, 0.05) is 29.5 Å². The van der Waals surface area contributed by atoms with Crippen LogP contribution in [0.25, 0.3) is 16.2 Å². The van der Waals surface area contributed by atoms with Crippen LogP contribution in [-0.2, 0) is 4.74 Å². The second-order valence-corrected chi connectivity index (χ2v) is 4.69. The SMILES string of the molecule is CCOC(=O)c1cn2c(-c3ccncc3)csc2n1. The van der Waals surface area contributed by atoms with Crippen molar-refractivity contribution < 1.29 is 9.53 Å². The lowest BCUT2D eigenvalue weighted by atomic mass is 10.2. The molecular formula is C13H11N3O2S. The average molecular weight is 273 g/mol. The molecule has 6 heteroatoms. The number of aromatic nitrogens is 3. The summed E-state index contributed by atoms with van der Waals surface area (Å²) in [6, 6.07) is 3.84. The third-order valence-corrected chi connectivity index (χ3v) is 3.51. The first kappa shape index (κ1) is 11.9. The molecule has 96 valence electrons. The largest absolute Gasteiger partial charge is 0.461 e. The third kappa shape index (κ3) is 2.10. The molecule has 0 spiro atoms. The van der Waals surface area contributed by atoms with E-state index in [0.29, 0.717) is 12.3 Å². The fourth-order valence-electron chi connectivity index (χ4n) is 1.82. The van der Waals surface area contributed by atoms with E-state index in [-0.39, 0.29) is 5.97 Å². The summed E-state index contributed by atoms with van der Waals surface area (Å²) in [7, 11) is 0. The van der Waals surface area contributed by atoms with Gasteiger partial charge in [-0.3, -0.25) is 9.38 Å². The fraction of sp³-hybridized carbons (Fsp3) is 0.154. The van der Waals surface area contributed by atoms with E-state index in [9.17, 15) is 4.79 Å². The standard InChI is InChI=1S/C13H11N3O2S/c1-2-18-12(17)10-7-16-11(8-19-13(16)15-10)9-3-5-14-6-4-9/h3-8H,2H2,1H3. The van der Waals surface area contributed by atoms with Gasteiger partial charge in [-0.2, -0.15) is 0 Å². The van der Waals surface area contributed by atoms with Crippen molar-refractivity contribution in [2.24, 2.45) is 0 Å². The van der Waals surface area contributed by atoms with Gasteiger partial charge in [0.15, 0.2) is 10.7 Å². The van der Waals surface area contributed by atoms with E-state index in [1.54, 1.807) is 25.5 Å². The van der Waals surface area contributed by atoms with Crippen molar-refractivity contribution in [2.45, 2.75) is 6.92 Å². The first-order valence-electron chi connectivity index (χ1n) is 5.83. The minimum atomic E-state index is -0.390. The minimum Gasteiger partial charge on any atom is -0.461 e. The molecule has 3 rings (SSSR count). The summed E-state index contributed by atoms with van der Waals surface area (Å²) in [4.78, 5) is 20.7. The number of hydrogen-bond donors (Lipinski definition) is 0. The molecule has 0 aromatic carbocycles. The molecule has 0 saturated carbocycles. The number of carbonyl (C=O) groups excluding carboxylic acids is 1. The summed E-state index contributed by atoms with van der Waals surface area (Å²) in [5.74, 6) is -0.390. The van der Waals surface area contributed by atoms with Gasteiger partial charge < -0.3 is 4.74 Å². The van der Waals surface area contributed by atoms with Gasteiger partial charge in [0.1, 0.15) is 0 Å². The van der Waals surface area contributed by atoms with E-state index in [4.69, 9.17) is 4.74 Å². The first-order chi connectivity index (χ1) is 9.29. The minimum absolute atomic E-state index is 0.337. The van der Waals surface area contributed by atoms with Crippen LogP contribution in [0.15, 0.2) is 36.1 Å². The molecule has 3 aromatic heterocycles. The van der Waals surface area contributed by atoms with Gasteiger partial charge in [-0.15, -0.1) is 11.3 Å². The van der Waals surface area contributed by atoms with E-state index >= 15 is 0 Å². The second kappa shape index (κ2) is 4.81. The van der Waals surface area contributed by atoms with Crippen LogP contribution in [-0.4, -0.2) is 26.9 Å². The molecule has 0 amide bonds. The maximum atomic E-state index is 11.7. The summed E-state index contributed by atoms with van der Waals surface area (Å²) < 4.78 is 6.85. The number of nitrogens with zero attached hydrogens (tertiary/aromatic N) is 3. The van der Waals surface area contributed by atoms with E-state index in [1.807, 2.05) is 21.9 Å². The number of hydrogen-bond acceptors (Lipinski definition) is 5. The lowest BCUT2D eigenvalue weighted by molar-refractivity contribution is 0.0520. The van der Waals surface area contributed by atoms with Gasteiger partial charge in [0.05, 0.1) is 12.3 Å². The van der Waals surface area contributed by atoms with Crippen molar-refractivity contribution >= 4 is 22.3 Å². The van der Waals surface area contributed by atoms with Crippen molar-refractivity contribution in [3.63, 3.8) is 0 Å². The van der Waals surface area contributed by atoms with Crippen molar-refractivity contribution in [2.75, 3.05) is 6.61 Å². The van der Waals surface area contributed by atoms with E-state index in [2.05, 4.69) is 9.97 Å². The maximum absolute atomic E-state index is 11.7. The number of ether oxygens (including phenoxy) is 1. The molecule has 19 heavy (non-hydrogen) atoms. The van der Waals surface area contributed by atoms with Gasteiger partial charge in [-0.05, 0) is 19.1 Å². The Labute approximate surface area is 113 Å². The average Bonchev–Trinajstić information content (AvgIpc) is 2.99. The van der Waals surface area contributed by atoms with Crippen LogP contribution in [0.1, 0.15) is 17.4 Å². The highest BCUT2D eigenvalue weighted by Gasteiger charge is 2.15. The summed E-state index contributed by atoms with van der Waals surface area (Å²) in [5, 5.41) is 2.01. The van der Waals surface area contributed by atoms with E-state index in [1.165, 1.54) is 11.3 Å². The van der Waals surface area contributed by atoms with Crippen LogP contribution in [0.4, 0.5) is 0 Å². The van der Waals surface area contributed by atoms with Crippen LogP contribution in [0, 0.1) is 0 Å². The fourth-order valence-corrected chi connectivity index (χ4v) is 2.70. The number of rotatable bonds is 3. The number of thiazole rings is 1. The Kier molecular flexibility index (Phi) is 3.00. The van der Waals surface area contributed by atoms with E-state index < -0.39 is 0 Å². The molecule has 0 radical (unpaired) electrons. The normalized spacial score (nSPS) is 10.8. The van der Waals surface area contributed by atoms with Crippen LogP contribution >= 0.6 is 11.3 Å². The first-order valence-corrected chi connectivity index (χ1v) is 6.71. The van der Waals surface area contributed by atoms with Crippen molar-refractivity contribution in [3.8, 4) is 11.3 Å². The second-order valence-electron chi connectivity index (χ2n) is 3.86. The van der Waals surface area contributed by atoms with Gasteiger partial charge in [-0.25, -0.2) is 9.78 Å². The van der Waals surface area contributed by atoms with Crippen LogP contribution in [0.5, 0.6) is 0 Å².